The average Bonchev–Trinajstić information content (AvgIpc) is 3.43. The summed E-state index contributed by atoms with van der Waals surface area (Å²) in [5.74, 6) is 3.30. The molecule has 0 amide bonds. The van der Waals surface area contributed by atoms with Gasteiger partial charge in [-0.2, -0.15) is 4.52 Å². The number of piperidine rings is 1. The number of anilines is 1. The predicted molar refractivity (Wildman–Crippen MR) is 99.6 cm³/mol. The van der Waals surface area contributed by atoms with E-state index in [2.05, 4.69) is 32.1 Å². The highest BCUT2D eigenvalue weighted by molar-refractivity contribution is 5.46. The maximum absolute atomic E-state index is 5.52. The molecule has 3 aliphatic heterocycles. The largest absolute Gasteiger partial charge is 0.381 e. The Hall–Kier alpha value is -1.73. The lowest BCUT2D eigenvalue weighted by atomic mass is 9.95. The van der Waals surface area contributed by atoms with E-state index in [1.807, 2.05) is 4.52 Å². The van der Waals surface area contributed by atoms with Crippen molar-refractivity contribution < 1.29 is 4.74 Å². The second kappa shape index (κ2) is 7.12. The monoisotopic (exact) mass is 356 g/mol. The molecule has 5 rings (SSSR count). The van der Waals surface area contributed by atoms with Gasteiger partial charge in [0.15, 0.2) is 11.5 Å². The number of rotatable bonds is 4. The van der Waals surface area contributed by atoms with Crippen molar-refractivity contribution in [1.29, 1.82) is 0 Å². The van der Waals surface area contributed by atoms with Crippen molar-refractivity contribution >= 4 is 11.5 Å². The highest BCUT2D eigenvalue weighted by Gasteiger charge is 2.27. The summed E-state index contributed by atoms with van der Waals surface area (Å²) < 4.78 is 7.52. The minimum absolute atomic E-state index is 0.461. The Balaban J connectivity index is 1.29. The van der Waals surface area contributed by atoms with E-state index in [0.717, 1.165) is 75.4 Å². The lowest BCUT2D eigenvalue weighted by Crippen LogP contribution is -2.37. The van der Waals surface area contributed by atoms with Crippen molar-refractivity contribution in [2.75, 3.05) is 50.8 Å². The maximum atomic E-state index is 5.52. The summed E-state index contributed by atoms with van der Waals surface area (Å²) in [6.07, 6.45) is 6.03. The van der Waals surface area contributed by atoms with Crippen LogP contribution in [0.25, 0.3) is 5.65 Å². The molecule has 1 atom stereocenters. The Kier molecular flexibility index (Phi) is 4.50. The van der Waals surface area contributed by atoms with E-state index < -0.39 is 0 Å². The van der Waals surface area contributed by atoms with Crippen LogP contribution in [-0.2, 0) is 4.74 Å². The van der Waals surface area contributed by atoms with E-state index in [1.54, 1.807) is 0 Å². The molecule has 0 spiro atoms. The van der Waals surface area contributed by atoms with Crippen molar-refractivity contribution in [3.05, 3.63) is 18.0 Å². The number of hydrogen-bond acceptors (Lipinski definition) is 6. The quantitative estimate of drug-likeness (QED) is 0.834. The Bertz CT molecular complexity index is 742. The third-order valence-corrected chi connectivity index (χ3v) is 6.20. The zero-order chi connectivity index (χ0) is 17.3. The zero-order valence-corrected chi connectivity index (χ0v) is 15.4. The topological polar surface area (TPSA) is 58.8 Å². The highest BCUT2D eigenvalue weighted by Crippen LogP contribution is 2.28. The van der Waals surface area contributed by atoms with Gasteiger partial charge in [0.25, 0.3) is 0 Å². The molecule has 26 heavy (non-hydrogen) atoms. The summed E-state index contributed by atoms with van der Waals surface area (Å²) in [4.78, 5) is 4.97. The van der Waals surface area contributed by atoms with E-state index in [0.29, 0.717) is 5.92 Å². The first kappa shape index (κ1) is 16.4. The molecule has 3 saturated heterocycles. The van der Waals surface area contributed by atoms with E-state index in [4.69, 9.17) is 9.84 Å². The van der Waals surface area contributed by atoms with Gasteiger partial charge in [0, 0.05) is 32.2 Å². The van der Waals surface area contributed by atoms with E-state index in [-0.39, 0.29) is 0 Å². The standard InChI is InChI=1S/C19H28N6O/c1-2-9-24(8-1)18-4-3-17-20-21-19(25(17)22-18)16-5-10-23(11-6-16)13-15-7-12-26-14-15/h3-4,15-16H,1-2,5-14H2. The molecule has 5 heterocycles. The van der Waals surface area contributed by atoms with Crippen LogP contribution in [0.5, 0.6) is 0 Å². The summed E-state index contributed by atoms with van der Waals surface area (Å²) >= 11 is 0. The van der Waals surface area contributed by atoms with Crippen LogP contribution < -0.4 is 4.90 Å². The number of aromatic nitrogens is 4. The molecular weight excluding hydrogens is 328 g/mol. The summed E-state index contributed by atoms with van der Waals surface area (Å²) in [6, 6.07) is 4.15. The fourth-order valence-corrected chi connectivity index (χ4v) is 4.63. The molecule has 2 aromatic rings. The van der Waals surface area contributed by atoms with Crippen LogP contribution in [0.1, 0.15) is 43.8 Å². The third-order valence-electron chi connectivity index (χ3n) is 6.20. The van der Waals surface area contributed by atoms with E-state index >= 15 is 0 Å². The van der Waals surface area contributed by atoms with Crippen LogP contribution in [0.3, 0.4) is 0 Å². The molecule has 3 aliphatic rings. The molecule has 140 valence electrons. The summed E-state index contributed by atoms with van der Waals surface area (Å²) in [5, 5.41) is 13.8. The van der Waals surface area contributed by atoms with E-state index in [1.165, 1.54) is 25.8 Å². The second-order valence-electron chi connectivity index (χ2n) is 8.02. The molecule has 0 aliphatic carbocycles. The van der Waals surface area contributed by atoms with Crippen molar-refractivity contribution in [3.8, 4) is 0 Å². The molecule has 1 unspecified atom stereocenters. The number of hydrogen-bond donors (Lipinski definition) is 0. The van der Waals surface area contributed by atoms with Gasteiger partial charge in [0.2, 0.25) is 0 Å². The van der Waals surface area contributed by atoms with Crippen LogP contribution in [-0.4, -0.2) is 70.6 Å². The fourth-order valence-electron chi connectivity index (χ4n) is 4.63. The molecule has 0 radical (unpaired) electrons. The Labute approximate surface area is 154 Å². The summed E-state index contributed by atoms with van der Waals surface area (Å²) in [5.41, 5.74) is 0.869. The third kappa shape index (κ3) is 3.18. The van der Waals surface area contributed by atoms with Crippen molar-refractivity contribution in [3.63, 3.8) is 0 Å². The summed E-state index contributed by atoms with van der Waals surface area (Å²) in [6.45, 7) is 7.57. The summed E-state index contributed by atoms with van der Waals surface area (Å²) in [7, 11) is 0. The molecule has 0 saturated carbocycles. The average molecular weight is 356 g/mol. The van der Waals surface area contributed by atoms with Gasteiger partial charge in [-0.1, -0.05) is 0 Å². The lowest BCUT2D eigenvalue weighted by Gasteiger charge is -2.32. The molecule has 0 N–H and O–H groups in total. The Morgan fingerprint density at radius 1 is 1.00 bits per heavy atom. The molecule has 0 aromatic carbocycles. The van der Waals surface area contributed by atoms with Gasteiger partial charge in [-0.05, 0) is 63.2 Å². The number of nitrogens with zero attached hydrogens (tertiary/aromatic N) is 6. The van der Waals surface area contributed by atoms with Crippen molar-refractivity contribution in [2.45, 2.75) is 38.0 Å². The Morgan fingerprint density at radius 2 is 1.85 bits per heavy atom. The second-order valence-corrected chi connectivity index (χ2v) is 8.02. The zero-order valence-electron chi connectivity index (χ0n) is 15.4. The maximum Gasteiger partial charge on any atom is 0.178 e. The lowest BCUT2D eigenvalue weighted by molar-refractivity contribution is 0.151. The molecule has 0 bridgehead atoms. The van der Waals surface area contributed by atoms with Gasteiger partial charge in [-0.25, -0.2) is 0 Å². The first-order chi connectivity index (χ1) is 12.9. The van der Waals surface area contributed by atoms with Crippen LogP contribution in [0.2, 0.25) is 0 Å². The van der Waals surface area contributed by atoms with Crippen LogP contribution in [0.15, 0.2) is 12.1 Å². The fraction of sp³-hybridized carbons (Fsp3) is 0.737. The number of fused-ring (bicyclic) bond motifs is 1. The van der Waals surface area contributed by atoms with Gasteiger partial charge in [0.05, 0.1) is 6.61 Å². The van der Waals surface area contributed by atoms with Gasteiger partial charge in [0.1, 0.15) is 5.82 Å². The first-order valence-electron chi connectivity index (χ1n) is 10.1. The van der Waals surface area contributed by atoms with Crippen LogP contribution in [0.4, 0.5) is 5.82 Å². The molecule has 3 fully saturated rings. The SMILES string of the molecule is c1cc2nnc(C3CCN(CC4CCOC4)CC3)n2nc1N1CCCC1. The Morgan fingerprint density at radius 3 is 2.62 bits per heavy atom. The molecule has 7 nitrogen and oxygen atoms in total. The number of likely N-dealkylation sites (tertiary alicyclic amines) is 1. The van der Waals surface area contributed by atoms with E-state index in [9.17, 15) is 0 Å². The molecule has 7 heteroatoms. The predicted octanol–water partition coefficient (Wildman–Crippen LogP) is 1.94. The highest BCUT2D eigenvalue weighted by atomic mass is 16.5. The van der Waals surface area contributed by atoms with Crippen molar-refractivity contribution in [2.24, 2.45) is 5.92 Å². The smallest absolute Gasteiger partial charge is 0.178 e. The van der Waals surface area contributed by atoms with Gasteiger partial charge in [-0.15, -0.1) is 15.3 Å². The molecule has 2 aromatic heterocycles. The van der Waals surface area contributed by atoms with Gasteiger partial charge < -0.3 is 14.5 Å². The van der Waals surface area contributed by atoms with Crippen molar-refractivity contribution in [1.82, 2.24) is 24.7 Å². The minimum atomic E-state index is 0.461. The number of ether oxygens (including phenoxy) is 1. The van der Waals surface area contributed by atoms with Crippen LogP contribution in [0, 0.1) is 5.92 Å². The minimum Gasteiger partial charge on any atom is -0.381 e. The first-order valence-corrected chi connectivity index (χ1v) is 10.1. The van der Waals surface area contributed by atoms with Crippen LogP contribution >= 0.6 is 0 Å². The van der Waals surface area contributed by atoms with Gasteiger partial charge >= 0.3 is 0 Å². The molecular formula is C19H28N6O. The van der Waals surface area contributed by atoms with Gasteiger partial charge in [-0.3, -0.25) is 0 Å². The normalized spacial score (nSPS) is 25.5.